The van der Waals surface area contributed by atoms with Crippen molar-refractivity contribution in [1.29, 1.82) is 0 Å². The van der Waals surface area contributed by atoms with Crippen LogP contribution in [0.2, 0.25) is 0 Å². The van der Waals surface area contributed by atoms with Crippen LogP contribution in [-0.2, 0) is 0 Å². The molecule has 3 rings (SSSR count). The van der Waals surface area contributed by atoms with Crippen molar-refractivity contribution in [3.63, 3.8) is 0 Å². The summed E-state index contributed by atoms with van der Waals surface area (Å²) < 4.78 is 32.3. The molecule has 0 radical (unpaired) electrons. The first kappa shape index (κ1) is 12.0. The van der Waals surface area contributed by atoms with E-state index >= 15 is 0 Å². The number of hydrogen-bond donors (Lipinski definition) is 1. The lowest BCUT2D eigenvalue weighted by Gasteiger charge is -2.25. The van der Waals surface area contributed by atoms with E-state index in [0.29, 0.717) is 17.7 Å². The van der Waals surface area contributed by atoms with E-state index in [1.54, 1.807) is 12.1 Å². The quantitative estimate of drug-likeness (QED) is 0.842. The second-order valence-corrected chi connectivity index (χ2v) is 4.64. The van der Waals surface area contributed by atoms with Crippen LogP contribution in [0.5, 0.6) is 5.75 Å². The van der Waals surface area contributed by atoms with Gasteiger partial charge in [-0.2, -0.15) is 0 Å². The molecule has 1 heterocycles. The number of fused-ring (bicyclic) bond motifs is 1. The minimum atomic E-state index is -0.575. The van der Waals surface area contributed by atoms with Gasteiger partial charge in [0, 0.05) is 11.6 Å². The van der Waals surface area contributed by atoms with Gasteiger partial charge in [-0.1, -0.05) is 6.07 Å². The molecule has 4 heteroatoms. The van der Waals surface area contributed by atoms with Gasteiger partial charge in [-0.25, -0.2) is 8.78 Å². The molecule has 0 aliphatic carbocycles. The van der Waals surface area contributed by atoms with E-state index in [4.69, 9.17) is 4.74 Å². The third-order valence-corrected chi connectivity index (χ3v) is 3.13. The fourth-order valence-corrected chi connectivity index (χ4v) is 2.17. The normalized spacial score (nSPS) is 17.3. The lowest BCUT2D eigenvalue weighted by Crippen LogP contribution is -2.27. The standard InChI is InChI=1S/C15H13F2NO/c1-9-8-18-14-6-10(2-5-15(14)19-9)12-4-3-11(16)7-13(12)17/h2-7,9,18H,8H2,1H3. The van der Waals surface area contributed by atoms with Gasteiger partial charge < -0.3 is 10.1 Å². The number of anilines is 1. The Balaban J connectivity index is 2.02. The van der Waals surface area contributed by atoms with Crippen LogP contribution in [-0.4, -0.2) is 12.6 Å². The molecule has 0 saturated carbocycles. The number of halogens is 2. The van der Waals surface area contributed by atoms with Crippen LogP contribution < -0.4 is 10.1 Å². The highest BCUT2D eigenvalue weighted by molar-refractivity contribution is 5.72. The Labute approximate surface area is 110 Å². The number of benzene rings is 2. The van der Waals surface area contributed by atoms with Gasteiger partial charge >= 0.3 is 0 Å². The first-order chi connectivity index (χ1) is 9.13. The van der Waals surface area contributed by atoms with E-state index in [-0.39, 0.29) is 6.10 Å². The maximum atomic E-state index is 13.7. The molecule has 0 aromatic heterocycles. The minimum absolute atomic E-state index is 0.112. The van der Waals surface area contributed by atoms with Crippen molar-refractivity contribution in [3.8, 4) is 16.9 Å². The van der Waals surface area contributed by atoms with E-state index in [1.807, 2.05) is 13.0 Å². The summed E-state index contributed by atoms with van der Waals surface area (Å²) in [6, 6.07) is 8.98. The Kier molecular flexibility index (Phi) is 2.85. The number of ether oxygens (including phenoxy) is 1. The Morgan fingerprint density at radius 1 is 1.16 bits per heavy atom. The summed E-state index contributed by atoms with van der Waals surface area (Å²) >= 11 is 0. The Morgan fingerprint density at radius 3 is 2.79 bits per heavy atom. The molecule has 1 aliphatic rings. The third-order valence-electron chi connectivity index (χ3n) is 3.13. The highest BCUT2D eigenvalue weighted by atomic mass is 19.1. The van der Waals surface area contributed by atoms with Gasteiger partial charge in [-0.05, 0) is 36.8 Å². The van der Waals surface area contributed by atoms with Crippen LogP contribution in [0, 0.1) is 11.6 Å². The number of hydrogen-bond acceptors (Lipinski definition) is 2. The van der Waals surface area contributed by atoms with Crippen LogP contribution >= 0.6 is 0 Å². The fraction of sp³-hybridized carbons (Fsp3) is 0.200. The van der Waals surface area contributed by atoms with Gasteiger partial charge in [0.1, 0.15) is 23.5 Å². The molecule has 2 nitrogen and oxygen atoms in total. The third kappa shape index (κ3) is 2.26. The Bertz CT molecular complexity index is 628. The van der Waals surface area contributed by atoms with Gasteiger partial charge in [-0.3, -0.25) is 0 Å². The monoisotopic (exact) mass is 261 g/mol. The van der Waals surface area contributed by atoms with Crippen LogP contribution in [0.1, 0.15) is 6.92 Å². The number of nitrogens with one attached hydrogen (secondary N) is 1. The average molecular weight is 261 g/mol. The summed E-state index contributed by atoms with van der Waals surface area (Å²) in [5.41, 5.74) is 1.91. The van der Waals surface area contributed by atoms with Gasteiger partial charge in [0.2, 0.25) is 0 Å². The zero-order valence-corrected chi connectivity index (χ0v) is 10.4. The molecular weight excluding hydrogens is 248 g/mol. The van der Waals surface area contributed by atoms with Gasteiger partial charge in [0.05, 0.1) is 12.2 Å². The molecule has 1 atom stereocenters. The highest BCUT2D eigenvalue weighted by Gasteiger charge is 2.16. The van der Waals surface area contributed by atoms with Crippen LogP contribution in [0.25, 0.3) is 11.1 Å². The van der Waals surface area contributed by atoms with Gasteiger partial charge in [0.25, 0.3) is 0 Å². The lowest BCUT2D eigenvalue weighted by molar-refractivity contribution is 0.226. The van der Waals surface area contributed by atoms with Crippen LogP contribution in [0.4, 0.5) is 14.5 Å². The van der Waals surface area contributed by atoms with Crippen molar-refractivity contribution in [2.45, 2.75) is 13.0 Å². The molecular formula is C15H13F2NO. The van der Waals surface area contributed by atoms with Crippen molar-refractivity contribution in [3.05, 3.63) is 48.0 Å². The SMILES string of the molecule is CC1CNc2cc(-c3ccc(F)cc3F)ccc2O1. The molecule has 0 saturated heterocycles. The van der Waals surface area contributed by atoms with E-state index in [1.165, 1.54) is 12.1 Å². The zero-order valence-electron chi connectivity index (χ0n) is 10.4. The first-order valence-electron chi connectivity index (χ1n) is 6.13. The van der Waals surface area contributed by atoms with Crippen LogP contribution in [0.3, 0.4) is 0 Å². The summed E-state index contributed by atoms with van der Waals surface area (Å²) in [5.74, 6) is -0.385. The van der Waals surface area contributed by atoms with Crippen molar-refractivity contribution < 1.29 is 13.5 Å². The molecule has 2 aromatic carbocycles. The molecule has 0 fully saturated rings. The topological polar surface area (TPSA) is 21.3 Å². The molecule has 1 unspecified atom stereocenters. The summed E-state index contributed by atoms with van der Waals surface area (Å²) in [6.07, 6.45) is 0.112. The maximum Gasteiger partial charge on any atom is 0.142 e. The van der Waals surface area contributed by atoms with E-state index in [0.717, 1.165) is 17.5 Å². The first-order valence-corrected chi connectivity index (χ1v) is 6.13. The fourth-order valence-electron chi connectivity index (χ4n) is 2.17. The summed E-state index contributed by atoms with van der Waals surface area (Å²) in [4.78, 5) is 0. The molecule has 0 spiro atoms. The second-order valence-electron chi connectivity index (χ2n) is 4.64. The average Bonchev–Trinajstić information content (AvgIpc) is 2.38. The molecule has 0 amide bonds. The summed E-state index contributed by atoms with van der Waals surface area (Å²) in [7, 11) is 0. The molecule has 98 valence electrons. The Hall–Kier alpha value is -2.10. The highest BCUT2D eigenvalue weighted by Crippen LogP contribution is 2.34. The molecule has 0 bridgehead atoms. The summed E-state index contributed by atoms with van der Waals surface area (Å²) in [6.45, 7) is 2.69. The van der Waals surface area contributed by atoms with E-state index < -0.39 is 11.6 Å². The second kappa shape index (κ2) is 4.53. The largest absolute Gasteiger partial charge is 0.487 e. The smallest absolute Gasteiger partial charge is 0.142 e. The van der Waals surface area contributed by atoms with Crippen molar-refractivity contribution in [2.75, 3.05) is 11.9 Å². The van der Waals surface area contributed by atoms with Crippen molar-refractivity contribution in [1.82, 2.24) is 0 Å². The molecule has 1 N–H and O–H groups in total. The summed E-state index contributed by atoms with van der Waals surface area (Å²) in [5, 5.41) is 3.23. The molecule has 2 aromatic rings. The van der Waals surface area contributed by atoms with Crippen molar-refractivity contribution in [2.24, 2.45) is 0 Å². The van der Waals surface area contributed by atoms with Crippen LogP contribution in [0.15, 0.2) is 36.4 Å². The van der Waals surface area contributed by atoms with Gasteiger partial charge in [-0.15, -0.1) is 0 Å². The zero-order chi connectivity index (χ0) is 13.4. The maximum absolute atomic E-state index is 13.7. The minimum Gasteiger partial charge on any atom is -0.487 e. The predicted octanol–water partition coefficient (Wildman–Crippen LogP) is 3.82. The van der Waals surface area contributed by atoms with E-state index in [9.17, 15) is 8.78 Å². The Morgan fingerprint density at radius 2 is 2.00 bits per heavy atom. The number of rotatable bonds is 1. The van der Waals surface area contributed by atoms with Crippen molar-refractivity contribution >= 4 is 5.69 Å². The molecule has 19 heavy (non-hydrogen) atoms. The van der Waals surface area contributed by atoms with Gasteiger partial charge in [0.15, 0.2) is 0 Å². The lowest BCUT2D eigenvalue weighted by atomic mass is 10.0. The predicted molar refractivity (Wildman–Crippen MR) is 70.4 cm³/mol. The van der Waals surface area contributed by atoms with E-state index in [2.05, 4.69) is 5.32 Å². The molecule has 1 aliphatic heterocycles.